The molecule has 180 valence electrons. The minimum Gasteiger partial charge on any atom is -0.461 e. The predicted octanol–water partition coefficient (Wildman–Crippen LogP) is 6.19. The van der Waals surface area contributed by atoms with Crippen LogP contribution in [0.25, 0.3) is 0 Å². The number of ketones is 1. The molecule has 0 heterocycles. The van der Waals surface area contributed by atoms with Crippen molar-refractivity contribution in [3.63, 3.8) is 0 Å². The van der Waals surface area contributed by atoms with E-state index in [1.165, 1.54) is 0 Å². The molecule has 8 heteroatoms. The molecule has 0 unspecified atom stereocenters. The van der Waals surface area contributed by atoms with Crippen molar-refractivity contribution in [3.05, 3.63) is 12.7 Å². The summed E-state index contributed by atoms with van der Waals surface area (Å²) >= 11 is 0. The number of esters is 1. The lowest BCUT2D eigenvalue weighted by molar-refractivity contribution is -0.152. The van der Waals surface area contributed by atoms with Gasteiger partial charge in [0.25, 0.3) is 0 Å². The molecule has 0 fully saturated rings. The highest BCUT2D eigenvalue weighted by Crippen LogP contribution is 2.36. The molecule has 0 bridgehead atoms. The Labute approximate surface area is 180 Å². The summed E-state index contributed by atoms with van der Waals surface area (Å²) in [6.45, 7) is 14.7. The lowest BCUT2D eigenvalue weighted by atomic mass is 9.84. The molecule has 0 atom stereocenters. The number of hydrogen-bond donors (Lipinski definition) is 2. The van der Waals surface area contributed by atoms with E-state index in [0.717, 1.165) is 6.42 Å². The standard InChI is InChI=1S/C9H16O2.C8H17O5P.4CH4/c1-5-7-11-8(10)9(3,4)6-2;1-4-8(2,3)7(9)5-6-13-14(10,11)12;;;;/h5H,1,6-7H2,2-4H3;4-6H2,1-3H3,(H2,10,11,12);4*1H4. The first-order valence-electron chi connectivity index (χ1n) is 8.25. The SMILES string of the molecule is C.C.C.C.C=CCOC(=O)C(C)(C)CC.CCC(C)(C)C(=O)CCOP(=O)(O)O. The zero-order chi connectivity index (χ0) is 20.3. The van der Waals surface area contributed by atoms with E-state index in [-0.39, 0.29) is 59.9 Å². The van der Waals surface area contributed by atoms with E-state index < -0.39 is 13.2 Å². The molecule has 0 aliphatic heterocycles. The van der Waals surface area contributed by atoms with E-state index in [4.69, 9.17) is 14.5 Å². The molecular formula is C21H49O7P. The Morgan fingerprint density at radius 3 is 1.69 bits per heavy atom. The van der Waals surface area contributed by atoms with Crippen LogP contribution in [0.2, 0.25) is 0 Å². The molecule has 0 saturated carbocycles. The van der Waals surface area contributed by atoms with Crippen molar-refractivity contribution in [2.24, 2.45) is 10.8 Å². The first kappa shape index (κ1) is 42.2. The quantitative estimate of drug-likeness (QED) is 0.235. The second-order valence-corrected chi connectivity index (χ2v) is 8.10. The molecule has 2 N–H and O–H groups in total. The molecule has 29 heavy (non-hydrogen) atoms. The molecule has 0 saturated heterocycles. The lowest BCUT2D eigenvalue weighted by Crippen LogP contribution is -2.25. The molecule has 0 rings (SSSR count). The van der Waals surface area contributed by atoms with Gasteiger partial charge >= 0.3 is 13.8 Å². The summed E-state index contributed by atoms with van der Waals surface area (Å²) in [5, 5.41) is 0. The van der Waals surface area contributed by atoms with Gasteiger partial charge in [-0.1, -0.05) is 70.1 Å². The van der Waals surface area contributed by atoms with Gasteiger partial charge in [-0.15, -0.1) is 0 Å². The molecule has 7 nitrogen and oxygen atoms in total. The first-order chi connectivity index (χ1) is 11.2. The smallest absolute Gasteiger partial charge is 0.461 e. The molecule has 0 aliphatic rings. The van der Waals surface area contributed by atoms with Crippen LogP contribution in [-0.2, 0) is 23.4 Å². The summed E-state index contributed by atoms with van der Waals surface area (Å²) in [5.41, 5.74) is -0.804. The van der Waals surface area contributed by atoms with Crippen molar-refractivity contribution < 1.29 is 33.2 Å². The normalized spacial score (nSPS) is 10.3. The molecule has 0 aromatic heterocycles. The third-order valence-corrected chi connectivity index (χ3v) is 4.51. The van der Waals surface area contributed by atoms with Crippen LogP contribution in [0.15, 0.2) is 12.7 Å². The molecule has 0 aliphatic carbocycles. The number of carbonyl (C=O) groups excluding carboxylic acids is 2. The van der Waals surface area contributed by atoms with E-state index in [1.54, 1.807) is 19.9 Å². The molecule has 0 aromatic rings. The lowest BCUT2D eigenvalue weighted by Gasteiger charge is -2.20. The van der Waals surface area contributed by atoms with E-state index in [0.29, 0.717) is 13.0 Å². The zero-order valence-corrected chi connectivity index (χ0v) is 17.1. The van der Waals surface area contributed by atoms with Gasteiger partial charge in [0.15, 0.2) is 0 Å². The van der Waals surface area contributed by atoms with Crippen LogP contribution >= 0.6 is 7.82 Å². The summed E-state index contributed by atoms with van der Waals surface area (Å²) in [4.78, 5) is 39.4. The number of ether oxygens (including phenoxy) is 1. The first-order valence-corrected chi connectivity index (χ1v) is 9.78. The maximum Gasteiger partial charge on any atom is 0.469 e. The van der Waals surface area contributed by atoms with Gasteiger partial charge < -0.3 is 14.5 Å². The summed E-state index contributed by atoms with van der Waals surface area (Å²) in [6, 6.07) is 0. The van der Waals surface area contributed by atoms with Gasteiger partial charge in [-0.2, -0.15) is 0 Å². The second-order valence-electron chi connectivity index (χ2n) is 6.86. The van der Waals surface area contributed by atoms with Crippen LogP contribution in [0.1, 0.15) is 90.5 Å². The van der Waals surface area contributed by atoms with E-state index in [2.05, 4.69) is 11.1 Å². The number of carbonyl (C=O) groups is 2. The summed E-state index contributed by atoms with van der Waals surface area (Å²) in [5.74, 6) is -0.201. The molecular weight excluding hydrogens is 395 g/mol. The average molecular weight is 445 g/mol. The zero-order valence-electron chi connectivity index (χ0n) is 16.2. The van der Waals surface area contributed by atoms with Gasteiger partial charge in [0.2, 0.25) is 0 Å². The Morgan fingerprint density at radius 2 is 1.38 bits per heavy atom. The number of hydrogen-bond acceptors (Lipinski definition) is 5. The van der Waals surface area contributed by atoms with Gasteiger partial charge in [-0.25, -0.2) is 4.57 Å². The van der Waals surface area contributed by atoms with Crippen LogP contribution in [0.5, 0.6) is 0 Å². The number of rotatable bonds is 10. The van der Waals surface area contributed by atoms with Crippen molar-refractivity contribution in [2.75, 3.05) is 13.2 Å². The topological polar surface area (TPSA) is 110 Å². The number of Topliss-reactive ketones (excluding diaryl/α,β-unsaturated/α-hetero) is 1. The van der Waals surface area contributed by atoms with Gasteiger partial charge in [0.1, 0.15) is 12.4 Å². The molecule has 0 spiro atoms. The van der Waals surface area contributed by atoms with Crippen LogP contribution in [-0.4, -0.2) is 34.8 Å². The summed E-state index contributed by atoms with van der Waals surface area (Å²) < 4.78 is 19.4. The Kier molecular flexibility index (Phi) is 27.6. The summed E-state index contributed by atoms with van der Waals surface area (Å²) in [6.07, 6.45) is 3.10. The fraction of sp³-hybridized carbons (Fsp3) is 0.810. The van der Waals surface area contributed by atoms with Crippen molar-refractivity contribution in [3.8, 4) is 0 Å². The van der Waals surface area contributed by atoms with Crippen molar-refractivity contribution in [1.82, 2.24) is 0 Å². The van der Waals surface area contributed by atoms with Crippen LogP contribution in [0.3, 0.4) is 0 Å². The summed E-state index contributed by atoms with van der Waals surface area (Å²) in [7, 11) is -4.43. The van der Waals surface area contributed by atoms with E-state index >= 15 is 0 Å². The predicted molar refractivity (Wildman–Crippen MR) is 124 cm³/mol. The molecule has 0 aromatic carbocycles. The van der Waals surface area contributed by atoms with Crippen molar-refractivity contribution in [1.29, 1.82) is 0 Å². The van der Waals surface area contributed by atoms with E-state index in [1.807, 2.05) is 27.7 Å². The highest BCUT2D eigenvalue weighted by atomic mass is 31.2. The largest absolute Gasteiger partial charge is 0.469 e. The Bertz CT molecular complexity index is 479. The minimum absolute atomic E-state index is 0. The highest BCUT2D eigenvalue weighted by molar-refractivity contribution is 7.46. The Hall–Kier alpha value is -1.01. The van der Waals surface area contributed by atoms with E-state index in [9.17, 15) is 14.2 Å². The van der Waals surface area contributed by atoms with Crippen LogP contribution in [0.4, 0.5) is 0 Å². The van der Waals surface area contributed by atoms with Gasteiger partial charge in [0.05, 0.1) is 12.0 Å². The van der Waals surface area contributed by atoms with Gasteiger partial charge in [-0.3, -0.25) is 14.1 Å². The van der Waals surface area contributed by atoms with Crippen LogP contribution < -0.4 is 0 Å². The fourth-order valence-corrected chi connectivity index (χ4v) is 1.60. The molecule has 0 radical (unpaired) electrons. The Morgan fingerprint density at radius 1 is 0.966 bits per heavy atom. The van der Waals surface area contributed by atoms with Crippen molar-refractivity contribution >= 4 is 19.6 Å². The minimum atomic E-state index is -4.43. The van der Waals surface area contributed by atoms with Gasteiger partial charge in [0, 0.05) is 11.8 Å². The van der Waals surface area contributed by atoms with Crippen molar-refractivity contribution in [2.45, 2.75) is 90.5 Å². The monoisotopic (exact) mass is 444 g/mol. The maximum absolute atomic E-state index is 11.4. The fourth-order valence-electron chi connectivity index (χ4n) is 1.27. The number of phosphoric acid groups is 1. The molecule has 0 amide bonds. The highest BCUT2D eigenvalue weighted by Gasteiger charge is 2.26. The third kappa shape index (κ3) is 21.5. The maximum atomic E-state index is 11.4. The third-order valence-electron chi connectivity index (χ3n) is 4.00. The Balaban J connectivity index is -0.0000000818. The second kappa shape index (κ2) is 19.0. The number of phosphoric ester groups is 1. The van der Waals surface area contributed by atoms with Crippen LogP contribution in [0, 0.1) is 10.8 Å². The average Bonchev–Trinajstić information content (AvgIpc) is 2.51. The van der Waals surface area contributed by atoms with Gasteiger partial charge in [-0.05, 0) is 26.7 Å².